The zero-order valence-electron chi connectivity index (χ0n) is 12.3. The summed E-state index contributed by atoms with van der Waals surface area (Å²) in [5.41, 5.74) is 2.75. The smallest absolute Gasteiger partial charge is 0.0360 e. The highest BCUT2D eigenvalue weighted by atomic mass is 32.2. The number of hydrogen-bond donors (Lipinski definition) is 1. The second-order valence-electron chi connectivity index (χ2n) is 4.80. The maximum Gasteiger partial charge on any atom is 0.0360 e. The molecule has 1 unspecified atom stereocenters. The lowest BCUT2D eigenvalue weighted by Crippen LogP contribution is -2.22. The maximum absolute atomic E-state index is 3.59. The molecule has 0 saturated carbocycles. The summed E-state index contributed by atoms with van der Waals surface area (Å²) < 4.78 is 0. The molecule has 2 aromatic rings. The summed E-state index contributed by atoms with van der Waals surface area (Å²) in [6.07, 6.45) is 1.04. The van der Waals surface area contributed by atoms with Crippen LogP contribution in [0.1, 0.15) is 31.0 Å². The molecule has 0 radical (unpaired) electrons. The van der Waals surface area contributed by atoms with Crippen molar-refractivity contribution in [3.8, 4) is 0 Å². The van der Waals surface area contributed by atoms with E-state index in [-0.39, 0.29) is 0 Å². The van der Waals surface area contributed by atoms with Crippen LogP contribution in [-0.2, 0) is 6.42 Å². The van der Waals surface area contributed by atoms with Crippen molar-refractivity contribution < 1.29 is 0 Å². The Morgan fingerprint density at radius 2 is 1.65 bits per heavy atom. The van der Waals surface area contributed by atoms with E-state index in [0.717, 1.165) is 18.7 Å². The van der Waals surface area contributed by atoms with E-state index < -0.39 is 0 Å². The second-order valence-corrected chi connectivity index (χ2v) is 6.14. The molecule has 0 amide bonds. The molecule has 0 bridgehead atoms. The van der Waals surface area contributed by atoms with Gasteiger partial charge in [0, 0.05) is 10.9 Å². The SMILES string of the molecule is CCNC(Cc1ccccc1)c1ccc(SCC)cc1. The Hall–Kier alpha value is -1.25. The summed E-state index contributed by atoms with van der Waals surface area (Å²) in [5, 5.41) is 3.59. The van der Waals surface area contributed by atoms with Crippen LogP contribution in [0, 0.1) is 0 Å². The van der Waals surface area contributed by atoms with E-state index in [0.29, 0.717) is 6.04 Å². The van der Waals surface area contributed by atoms with Gasteiger partial charge in [0.25, 0.3) is 0 Å². The van der Waals surface area contributed by atoms with E-state index in [9.17, 15) is 0 Å². The van der Waals surface area contributed by atoms with Crippen LogP contribution < -0.4 is 5.32 Å². The first-order valence-corrected chi connectivity index (χ1v) is 8.32. The van der Waals surface area contributed by atoms with Gasteiger partial charge in [-0.1, -0.05) is 56.3 Å². The average Bonchev–Trinajstić information content (AvgIpc) is 2.49. The zero-order valence-corrected chi connectivity index (χ0v) is 13.1. The molecule has 0 spiro atoms. The first-order chi connectivity index (χ1) is 9.83. The fraction of sp³-hybridized carbons (Fsp3) is 0.333. The summed E-state index contributed by atoms with van der Waals surface area (Å²) >= 11 is 1.89. The van der Waals surface area contributed by atoms with Crippen molar-refractivity contribution in [1.82, 2.24) is 5.32 Å². The number of thioether (sulfide) groups is 1. The molecule has 0 aromatic heterocycles. The molecule has 2 heteroatoms. The third-order valence-electron chi connectivity index (χ3n) is 3.33. The second kappa shape index (κ2) is 8.13. The monoisotopic (exact) mass is 285 g/mol. The highest BCUT2D eigenvalue weighted by Crippen LogP contribution is 2.23. The molecule has 0 saturated heterocycles. The van der Waals surface area contributed by atoms with E-state index in [1.807, 2.05) is 11.8 Å². The number of nitrogens with one attached hydrogen (secondary N) is 1. The van der Waals surface area contributed by atoms with E-state index >= 15 is 0 Å². The standard InChI is InChI=1S/C18H23NS/c1-3-19-18(14-15-8-6-5-7-9-15)16-10-12-17(13-11-16)20-4-2/h5-13,18-19H,3-4,14H2,1-2H3. The molecule has 1 nitrogen and oxygen atoms in total. The van der Waals surface area contributed by atoms with Crippen LogP contribution >= 0.6 is 11.8 Å². The van der Waals surface area contributed by atoms with Crippen LogP contribution in [-0.4, -0.2) is 12.3 Å². The molecular weight excluding hydrogens is 262 g/mol. The van der Waals surface area contributed by atoms with E-state index in [2.05, 4.69) is 73.8 Å². The van der Waals surface area contributed by atoms with Crippen molar-refractivity contribution in [2.75, 3.05) is 12.3 Å². The van der Waals surface area contributed by atoms with Gasteiger partial charge in [-0.25, -0.2) is 0 Å². The first-order valence-electron chi connectivity index (χ1n) is 7.33. The third kappa shape index (κ3) is 4.39. The van der Waals surface area contributed by atoms with Gasteiger partial charge in [0.1, 0.15) is 0 Å². The fourth-order valence-corrected chi connectivity index (χ4v) is 3.03. The first kappa shape index (κ1) is 15.1. The third-order valence-corrected chi connectivity index (χ3v) is 4.22. The highest BCUT2D eigenvalue weighted by Gasteiger charge is 2.10. The Morgan fingerprint density at radius 3 is 2.25 bits per heavy atom. The molecule has 1 N–H and O–H groups in total. The van der Waals surface area contributed by atoms with Crippen molar-refractivity contribution in [3.63, 3.8) is 0 Å². The van der Waals surface area contributed by atoms with Gasteiger partial charge in [-0.2, -0.15) is 0 Å². The van der Waals surface area contributed by atoms with Gasteiger partial charge in [-0.3, -0.25) is 0 Å². The summed E-state index contributed by atoms with van der Waals surface area (Å²) in [5.74, 6) is 1.13. The lowest BCUT2D eigenvalue weighted by Gasteiger charge is -2.19. The predicted molar refractivity (Wildman–Crippen MR) is 89.4 cm³/mol. The Balaban J connectivity index is 2.11. The molecule has 106 valence electrons. The Kier molecular flexibility index (Phi) is 6.16. The summed E-state index contributed by atoms with van der Waals surface area (Å²) in [4.78, 5) is 1.35. The number of likely N-dealkylation sites (N-methyl/N-ethyl adjacent to an activating group) is 1. The topological polar surface area (TPSA) is 12.0 Å². The van der Waals surface area contributed by atoms with Gasteiger partial charge in [0.05, 0.1) is 0 Å². The average molecular weight is 285 g/mol. The normalized spacial score (nSPS) is 12.3. The van der Waals surface area contributed by atoms with E-state index in [4.69, 9.17) is 0 Å². The number of rotatable bonds is 7. The van der Waals surface area contributed by atoms with Crippen molar-refractivity contribution >= 4 is 11.8 Å². The summed E-state index contributed by atoms with van der Waals surface area (Å²) in [6.45, 7) is 5.34. The van der Waals surface area contributed by atoms with Crippen LogP contribution in [0.2, 0.25) is 0 Å². The lowest BCUT2D eigenvalue weighted by molar-refractivity contribution is 0.549. The molecule has 2 aromatic carbocycles. The molecule has 0 aliphatic rings. The largest absolute Gasteiger partial charge is 0.310 e. The van der Waals surface area contributed by atoms with Crippen LogP contribution in [0.3, 0.4) is 0 Å². The molecule has 0 aliphatic heterocycles. The lowest BCUT2D eigenvalue weighted by atomic mass is 9.99. The maximum atomic E-state index is 3.59. The minimum Gasteiger partial charge on any atom is -0.310 e. The molecule has 0 aliphatic carbocycles. The van der Waals surface area contributed by atoms with Crippen molar-refractivity contribution in [1.29, 1.82) is 0 Å². The Labute approximate surface area is 126 Å². The van der Waals surface area contributed by atoms with Crippen molar-refractivity contribution in [2.24, 2.45) is 0 Å². The highest BCUT2D eigenvalue weighted by molar-refractivity contribution is 7.99. The van der Waals surface area contributed by atoms with Crippen molar-refractivity contribution in [3.05, 3.63) is 65.7 Å². The van der Waals surface area contributed by atoms with Crippen molar-refractivity contribution in [2.45, 2.75) is 31.2 Å². The van der Waals surface area contributed by atoms with Crippen LogP contribution in [0.5, 0.6) is 0 Å². The molecule has 2 rings (SSSR count). The Bertz CT molecular complexity index is 493. The molecule has 20 heavy (non-hydrogen) atoms. The number of hydrogen-bond acceptors (Lipinski definition) is 2. The van der Waals surface area contributed by atoms with E-state index in [1.54, 1.807) is 0 Å². The molecule has 0 fully saturated rings. The van der Waals surface area contributed by atoms with Crippen LogP contribution in [0.25, 0.3) is 0 Å². The molecular formula is C18H23NS. The zero-order chi connectivity index (χ0) is 14.2. The van der Waals surface area contributed by atoms with Gasteiger partial charge in [0.2, 0.25) is 0 Å². The van der Waals surface area contributed by atoms with Crippen LogP contribution in [0.15, 0.2) is 59.5 Å². The minimum atomic E-state index is 0.392. The minimum absolute atomic E-state index is 0.392. The number of benzene rings is 2. The Morgan fingerprint density at radius 1 is 0.950 bits per heavy atom. The van der Waals surface area contributed by atoms with Gasteiger partial charge in [-0.15, -0.1) is 11.8 Å². The molecule has 1 atom stereocenters. The van der Waals surface area contributed by atoms with Gasteiger partial charge < -0.3 is 5.32 Å². The van der Waals surface area contributed by atoms with E-state index in [1.165, 1.54) is 16.0 Å². The van der Waals surface area contributed by atoms with Crippen LogP contribution in [0.4, 0.5) is 0 Å². The summed E-state index contributed by atoms with van der Waals surface area (Å²) in [6, 6.07) is 20.1. The summed E-state index contributed by atoms with van der Waals surface area (Å²) in [7, 11) is 0. The molecule has 0 heterocycles. The fourth-order valence-electron chi connectivity index (χ4n) is 2.37. The van der Waals surface area contributed by atoms with Gasteiger partial charge >= 0.3 is 0 Å². The van der Waals surface area contributed by atoms with Gasteiger partial charge in [-0.05, 0) is 42.0 Å². The predicted octanol–water partition coefficient (Wildman–Crippen LogP) is 4.69. The van der Waals surface area contributed by atoms with Gasteiger partial charge in [0.15, 0.2) is 0 Å². The quantitative estimate of drug-likeness (QED) is 0.741.